The maximum Gasteiger partial charge on any atom is 0.340 e. The Balaban J connectivity index is 2.21. The van der Waals surface area contributed by atoms with Crippen LogP contribution >= 0.6 is 0 Å². The maximum absolute atomic E-state index is 13.1. The molecule has 0 unspecified atom stereocenters. The Bertz CT molecular complexity index is 1300. The Morgan fingerprint density at radius 1 is 0.466 bits per heavy atom. The van der Waals surface area contributed by atoms with Crippen molar-refractivity contribution in [2.45, 2.75) is 237 Å². The molecule has 0 aliphatic rings. The number of hydrogen-bond acceptors (Lipinski definition) is 6. The van der Waals surface area contributed by atoms with Gasteiger partial charge in [-0.25, -0.2) is 9.59 Å². The summed E-state index contributed by atoms with van der Waals surface area (Å²) >= 11 is 0. The van der Waals surface area contributed by atoms with Gasteiger partial charge in [0.05, 0.1) is 24.3 Å². The normalized spacial score (nSPS) is 11.9. The monoisotopic (exact) mass is 831 g/mol. The molecule has 0 bridgehead atoms. The molecule has 1 aromatic carbocycles. The van der Waals surface area contributed by atoms with Gasteiger partial charge >= 0.3 is 11.9 Å². The summed E-state index contributed by atoms with van der Waals surface area (Å²) in [5.41, 5.74) is -0.701. The van der Waals surface area contributed by atoms with E-state index in [1.807, 2.05) is 0 Å². The molecular formula is C50H86O7S. The highest BCUT2D eigenvalue weighted by molar-refractivity contribution is 7.86. The van der Waals surface area contributed by atoms with Crippen LogP contribution in [0, 0.1) is 0 Å². The predicted molar refractivity (Wildman–Crippen MR) is 243 cm³/mol. The van der Waals surface area contributed by atoms with Gasteiger partial charge < -0.3 is 9.47 Å². The Kier molecular flexibility index (Phi) is 35.8. The molecule has 0 saturated heterocycles. The summed E-state index contributed by atoms with van der Waals surface area (Å²) in [4.78, 5) is 25.4. The molecule has 0 aromatic heterocycles. The Hall–Kier alpha value is -2.45. The van der Waals surface area contributed by atoms with Crippen molar-refractivity contribution in [3.8, 4) is 0 Å². The van der Waals surface area contributed by atoms with Gasteiger partial charge in [0.15, 0.2) is 0 Å². The lowest BCUT2D eigenvalue weighted by Gasteiger charge is -2.12. The SMILES string of the molecule is CCCCCCCCCCCCCC/C=C/CCCCCOC(=O)c1cccc(S(=O)(=O)O)c1C(=O)OCCCCC/C=C/CCCCCCCCCCCCCC. The van der Waals surface area contributed by atoms with E-state index in [0.29, 0.717) is 12.8 Å². The van der Waals surface area contributed by atoms with E-state index in [1.165, 1.54) is 166 Å². The van der Waals surface area contributed by atoms with Gasteiger partial charge in [0.1, 0.15) is 4.90 Å². The Morgan fingerprint density at radius 2 is 0.776 bits per heavy atom. The highest BCUT2D eigenvalue weighted by atomic mass is 32.2. The summed E-state index contributed by atoms with van der Waals surface area (Å²) in [5, 5.41) is 0. The second-order valence-electron chi connectivity index (χ2n) is 16.4. The van der Waals surface area contributed by atoms with Gasteiger partial charge in [0.2, 0.25) is 0 Å². The molecule has 7 nitrogen and oxygen atoms in total. The van der Waals surface area contributed by atoms with E-state index in [1.54, 1.807) is 0 Å². The molecule has 1 aromatic rings. The van der Waals surface area contributed by atoms with Crippen LogP contribution in [-0.4, -0.2) is 38.1 Å². The average molecular weight is 831 g/mol. The van der Waals surface area contributed by atoms with Crippen LogP contribution < -0.4 is 0 Å². The van der Waals surface area contributed by atoms with E-state index in [9.17, 15) is 22.6 Å². The van der Waals surface area contributed by atoms with Crippen molar-refractivity contribution in [3.63, 3.8) is 0 Å². The van der Waals surface area contributed by atoms with Gasteiger partial charge in [-0.1, -0.05) is 185 Å². The van der Waals surface area contributed by atoms with Crippen LogP contribution in [0.3, 0.4) is 0 Å². The summed E-state index contributed by atoms with van der Waals surface area (Å²) in [6.07, 6.45) is 50.7. The molecule has 0 radical (unpaired) electrons. The minimum absolute atomic E-state index is 0.0868. The smallest absolute Gasteiger partial charge is 0.340 e. The third-order valence-electron chi connectivity index (χ3n) is 11.0. The van der Waals surface area contributed by atoms with Crippen LogP contribution in [0.5, 0.6) is 0 Å². The molecule has 0 aliphatic carbocycles. The topological polar surface area (TPSA) is 107 Å². The lowest BCUT2D eigenvalue weighted by atomic mass is 10.0. The molecule has 1 N–H and O–H groups in total. The molecule has 0 aliphatic heterocycles. The second kappa shape index (κ2) is 38.7. The van der Waals surface area contributed by atoms with Crippen molar-refractivity contribution < 1.29 is 32.0 Å². The number of esters is 2. The number of ether oxygens (including phenoxy) is 2. The van der Waals surface area contributed by atoms with Crippen molar-refractivity contribution in [1.29, 1.82) is 0 Å². The fraction of sp³-hybridized carbons (Fsp3) is 0.760. The fourth-order valence-corrected chi connectivity index (χ4v) is 8.07. The minimum Gasteiger partial charge on any atom is -0.462 e. The van der Waals surface area contributed by atoms with Crippen LogP contribution in [0.25, 0.3) is 0 Å². The van der Waals surface area contributed by atoms with Crippen LogP contribution in [-0.2, 0) is 19.6 Å². The molecule has 334 valence electrons. The molecular weight excluding hydrogens is 745 g/mol. The molecule has 8 heteroatoms. The lowest BCUT2D eigenvalue weighted by Crippen LogP contribution is -2.19. The van der Waals surface area contributed by atoms with Crippen LogP contribution in [0.2, 0.25) is 0 Å². The maximum atomic E-state index is 13.1. The number of rotatable bonds is 41. The predicted octanol–water partition coefficient (Wildman–Crippen LogP) is 15.7. The minimum atomic E-state index is -4.78. The summed E-state index contributed by atoms with van der Waals surface area (Å²) < 4.78 is 44.9. The first-order valence-corrected chi connectivity index (χ1v) is 25.5. The van der Waals surface area contributed by atoms with Crippen LogP contribution in [0.1, 0.15) is 253 Å². The second-order valence-corrected chi connectivity index (χ2v) is 17.8. The molecule has 0 atom stereocenters. The van der Waals surface area contributed by atoms with Crippen LogP contribution in [0.4, 0.5) is 0 Å². The van der Waals surface area contributed by atoms with Gasteiger partial charge in [-0.3, -0.25) is 4.55 Å². The molecule has 0 heterocycles. The quantitative estimate of drug-likeness (QED) is 0.0303. The van der Waals surface area contributed by atoms with Crippen molar-refractivity contribution in [2.75, 3.05) is 13.2 Å². The fourth-order valence-electron chi connectivity index (χ4n) is 7.37. The largest absolute Gasteiger partial charge is 0.462 e. The van der Waals surface area contributed by atoms with Crippen LogP contribution in [0.15, 0.2) is 47.4 Å². The first-order chi connectivity index (χ1) is 28.3. The number of benzene rings is 1. The number of allylic oxidation sites excluding steroid dienone is 4. The molecule has 0 spiro atoms. The van der Waals surface area contributed by atoms with E-state index >= 15 is 0 Å². The van der Waals surface area contributed by atoms with E-state index in [4.69, 9.17) is 9.47 Å². The first-order valence-electron chi connectivity index (χ1n) is 24.1. The van der Waals surface area contributed by atoms with Crippen molar-refractivity contribution in [2.24, 2.45) is 0 Å². The Morgan fingerprint density at radius 3 is 1.12 bits per heavy atom. The molecule has 0 amide bonds. The van der Waals surface area contributed by atoms with Gasteiger partial charge in [-0.2, -0.15) is 8.42 Å². The molecule has 0 saturated carbocycles. The van der Waals surface area contributed by atoms with Crippen molar-refractivity contribution in [1.82, 2.24) is 0 Å². The number of unbranched alkanes of at least 4 members (excludes halogenated alkanes) is 30. The number of carbonyl (C=O) groups excluding carboxylic acids is 2. The standard InChI is InChI=1S/C50H86O7S/c1-3-5-7-9-11-13-15-17-19-21-23-25-27-29-31-33-35-37-39-44-56-49(51)46-42-41-43-47(58(53,54)55)48(46)50(52)57-45-40-38-36-34-32-30-28-26-24-22-20-18-16-14-12-10-8-6-4-2/h29-32,41-43H,3-28,33-40,44-45H2,1-2H3,(H,53,54,55)/b31-29+,32-30+. The number of hydrogen-bond donors (Lipinski definition) is 1. The Labute approximate surface area is 356 Å². The van der Waals surface area contributed by atoms with Gasteiger partial charge in [-0.05, 0) is 89.2 Å². The van der Waals surface area contributed by atoms with E-state index in [2.05, 4.69) is 38.2 Å². The number of carbonyl (C=O) groups is 2. The third kappa shape index (κ3) is 30.6. The lowest BCUT2D eigenvalue weighted by molar-refractivity contribution is 0.0447. The summed E-state index contributed by atoms with van der Waals surface area (Å²) in [6.45, 7) is 4.77. The van der Waals surface area contributed by atoms with Crippen molar-refractivity contribution >= 4 is 22.1 Å². The summed E-state index contributed by atoms with van der Waals surface area (Å²) in [6, 6.07) is 3.74. The average Bonchev–Trinajstić information content (AvgIpc) is 3.21. The van der Waals surface area contributed by atoms with Gasteiger partial charge in [-0.15, -0.1) is 0 Å². The van der Waals surface area contributed by atoms with Gasteiger partial charge in [0.25, 0.3) is 10.1 Å². The van der Waals surface area contributed by atoms with E-state index in [-0.39, 0.29) is 18.8 Å². The van der Waals surface area contributed by atoms with Crippen molar-refractivity contribution in [3.05, 3.63) is 53.6 Å². The molecule has 0 fully saturated rings. The molecule has 1 rings (SSSR count). The highest BCUT2D eigenvalue weighted by Crippen LogP contribution is 2.23. The van der Waals surface area contributed by atoms with E-state index < -0.39 is 32.5 Å². The zero-order valence-electron chi connectivity index (χ0n) is 37.3. The summed E-state index contributed by atoms with van der Waals surface area (Å²) in [5.74, 6) is -1.77. The van der Waals surface area contributed by atoms with Gasteiger partial charge in [0, 0.05) is 0 Å². The first kappa shape index (κ1) is 53.6. The van der Waals surface area contributed by atoms with E-state index in [0.717, 1.165) is 57.4 Å². The zero-order chi connectivity index (χ0) is 42.2. The summed E-state index contributed by atoms with van der Waals surface area (Å²) in [7, 11) is -4.78. The zero-order valence-corrected chi connectivity index (χ0v) is 38.1. The third-order valence-corrected chi connectivity index (χ3v) is 11.9. The highest BCUT2D eigenvalue weighted by Gasteiger charge is 2.28. The molecule has 58 heavy (non-hydrogen) atoms.